The van der Waals surface area contributed by atoms with Crippen LogP contribution in [0.2, 0.25) is 0 Å². The van der Waals surface area contributed by atoms with E-state index in [-0.39, 0.29) is 5.75 Å². The zero-order valence-electron chi connectivity index (χ0n) is 9.75. The SMILES string of the molecule is O=S(=O)(Cc1ccccc1)[C@H]1CCCC[C@H]1O. The maximum Gasteiger partial charge on any atom is 0.159 e. The number of aliphatic hydroxyl groups is 1. The first-order chi connectivity index (χ1) is 8.09. The van der Waals surface area contributed by atoms with Gasteiger partial charge in [0.05, 0.1) is 17.1 Å². The number of aliphatic hydroxyl groups excluding tert-OH is 1. The van der Waals surface area contributed by atoms with Crippen molar-refractivity contribution in [3.8, 4) is 0 Å². The fourth-order valence-corrected chi connectivity index (χ4v) is 4.42. The molecule has 1 saturated carbocycles. The summed E-state index contributed by atoms with van der Waals surface area (Å²) in [7, 11) is -3.24. The van der Waals surface area contributed by atoms with Crippen molar-refractivity contribution in [2.24, 2.45) is 0 Å². The molecule has 1 fully saturated rings. The van der Waals surface area contributed by atoms with Gasteiger partial charge in [-0.3, -0.25) is 0 Å². The van der Waals surface area contributed by atoms with Gasteiger partial charge in [-0.05, 0) is 18.4 Å². The molecule has 0 aromatic heterocycles. The monoisotopic (exact) mass is 254 g/mol. The Morgan fingerprint density at radius 2 is 1.76 bits per heavy atom. The minimum Gasteiger partial charge on any atom is -0.392 e. The van der Waals surface area contributed by atoms with E-state index in [1.807, 2.05) is 30.3 Å². The van der Waals surface area contributed by atoms with Gasteiger partial charge in [0.1, 0.15) is 0 Å². The smallest absolute Gasteiger partial charge is 0.159 e. The summed E-state index contributed by atoms with van der Waals surface area (Å²) in [4.78, 5) is 0. The van der Waals surface area contributed by atoms with Gasteiger partial charge in [0.15, 0.2) is 9.84 Å². The Morgan fingerprint density at radius 3 is 2.41 bits per heavy atom. The molecule has 0 spiro atoms. The average molecular weight is 254 g/mol. The van der Waals surface area contributed by atoms with Crippen LogP contribution < -0.4 is 0 Å². The molecule has 0 radical (unpaired) electrons. The predicted molar refractivity (Wildman–Crippen MR) is 67.3 cm³/mol. The third-order valence-corrected chi connectivity index (χ3v) is 5.55. The lowest BCUT2D eigenvalue weighted by atomic mass is 9.97. The Bertz CT molecular complexity index is 453. The van der Waals surface area contributed by atoms with Gasteiger partial charge in [0.25, 0.3) is 0 Å². The molecule has 17 heavy (non-hydrogen) atoms. The van der Waals surface area contributed by atoms with Gasteiger partial charge in [0, 0.05) is 0 Å². The number of benzene rings is 1. The van der Waals surface area contributed by atoms with Crippen molar-refractivity contribution < 1.29 is 13.5 Å². The summed E-state index contributed by atoms with van der Waals surface area (Å²) in [5, 5.41) is 9.23. The normalized spacial score (nSPS) is 25.7. The van der Waals surface area contributed by atoms with E-state index in [4.69, 9.17) is 0 Å². The summed E-state index contributed by atoms with van der Waals surface area (Å²) in [5.41, 5.74) is 0.797. The van der Waals surface area contributed by atoms with Crippen LogP contribution in [0.4, 0.5) is 0 Å². The van der Waals surface area contributed by atoms with Crippen LogP contribution in [0, 0.1) is 0 Å². The predicted octanol–water partition coefficient (Wildman–Crippen LogP) is 1.90. The first-order valence-electron chi connectivity index (χ1n) is 6.03. The molecular weight excluding hydrogens is 236 g/mol. The molecule has 1 aliphatic carbocycles. The van der Waals surface area contributed by atoms with Crippen LogP contribution >= 0.6 is 0 Å². The molecule has 94 valence electrons. The largest absolute Gasteiger partial charge is 0.392 e. The lowest BCUT2D eigenvalue weighted by Gasteiger charge is -2.27. The van der Waals surface area contributed by atoms with Crippen LogP contribution in [0.3, 0.4) is 0 Å². The summed E-state index contributed by atoms with van der Waals surface area (Å²) in [5.74, 6) is 0.0373. The van der Waals surface area contributed by atoms with Crippen LogP contribution in [0.15, 0.2) is 30.3 Å². The highest BCUT2D eigenvalue weighted by molar-refractivity contribution is 7.91. The van der Waals surface area contributed by atoms with E-state index in [1.54, 1.807) is 0 Å². The Kier molecular flexibility index (Phi) is 3.84. The maximum absolute atomic E-state index is 12.2. The van der Waals surface area contributed by atoms with Crippen LogP contribution in [-0.4, -0.2) is 24.9 Å². The topological polar surface area (TPSA) is 54.4 Å². The lowest BCUT2D eigenvalue weighted by Crippen LogP contribution is -2.37. The molecule has 0 aliphatic heterocycles. The van der Waals surface area contributed by atoms with Crippen molar-refractivity contribution in [2.75, 3.05) is 0 Å². The van der Waals surface area contributed by atoms with Crippen molar-refractivity contribution in [3.05, 3.63) is 35.9 Å². The Hall–Kier alpha value is -0.870. The van der Waals surface area contributed by atoms with Gasteiger partial charge in [-0.2, -0.15) is 0 Å². The fourth-order valence-electron chi connectivity index (χ4n) is 2.41. The van der Waals surface area contributed by atoms with Gasteiger partial charge in [-0.25, -0.2) is 8.42 Å². The Labute approximate surface area is 102 Å². The first kappa shape index (κ1) is 12.6. The highest BCUT2D eigenvalue weighted by Crippen LogP contribution is 2.26. The molecule has 0 bridgehead atoms. The highest BCUT2D eigenvalue weighted by atomic mass is 32.2. The molecule has 0 unspecified atom stereocenters. The minimum absolute atomic E-state index is 0.0373. The van der Waals surface area contributed by atoms with Crippen LogP contribution in [0.5, 0.6) is 0 Å². The van der Waals surface area contributed by atoms with Crippen LogP contribution in [0.25, 0.3) is 0 Å². The summed E-state index contributed by atoms with van der Waals surface area (Å²) in [6, 6.07) is 9.16. The van der Waals surface area contributed by atoms with E-state index in [0.717, 1.165) is 18.4 Å². The van der Waals surface area contributed by atoms with E-state index < -0.39 is 21.2 Å². The summed E-state index contributed by atoms with van der Waals surface area (Å²) in [6.45, 7) is 0. The van der Waals surface area contributed by atoms with Gasteiger partial charge in [-0.1, -0.05) is 43.2 Å². The van der Waals surface area contributed by atoms with Crippen LogP contribution in [0.1, 0.15) is 31.2 Å². The molecule has 1 aromatic carbocycles. The van der Waals surface area contributed by atoms with Crippen molar-refractivity contribution in [1.82, 2.24) is 0 Å². The standard InChI is InChI=1S/C13H18O3S/c14-12-8-4-5-9-13(12)17(15,16)10-11-6-2-1-3-7-11/h1-3,6-7,12-14H,4-5,8-10H2/t12-,13+/m1/s1. The fraction of sp³-hybridized carbons (Fsp3) is 0.538. The second kappa shape index (κ2) is 5.19. The first-order valence-corrected chi connectivity index (χ1v) is 7.75. The van der Waals surface area contributed by atoms with E-state index in [9.17, 15) is 13.5 Å². The Balaban J connectivity index is 2.13. The number of rotatable bonds is 3. The molecule has 1 aromatic rings. The third kappa shape index (κ3) is 3.07. The number of sulfone groups is 1. The molecule has 3 nitrogen and oxygen atoms in total. The summed E-state index contributed by atoms with van der Waals surface area (Å²) >= 11 is 0. The van der Waals surface area contributed by atoms with Crippen molar-refractivity contribution in [2.45, 2.75) is 42.8 Å². The maximum atomic E-state index is 12.2. The second-order valence-corrected chi connectivity index (χ2v) is 6.90. The summed E-state index contributed by atoms with van der Waals surface area (Å²) < 4.78 is 24.4. The average Bonchev–Trinajstić information content (AvgIpc) is 2.30. The van der Waals surface area contributed by atoms with Crippen molar-refractivity contribution >= 4 is 9.84 Å². The lowest BCUT2D eigenvalue weighted by molar-refractivity contribution is 0.133. The van der Waals surface area contributed by atoms with E-state index in [2.05, 4.69) is 0 Å². The molecule has 0 amide bonds. The third-order valence-electron chi connectivity index (χ3n) is 3.34. The highest BCUT2D eigenvalue weighted by Gasteiger charge is 2.34. The molecule has 0 saturated heterocycles. The van der Waals surface area contributed by atoms with Gasteiger partial charge in [0.2, 0.25) is 0 Å². The van der Waals surface area contributed by atoms with Crippen LogP contribution in [-0.2, 0) is 15.6 Å². The molecule has 4 heteroatoms. The number of hydrogen-bond donors (Lipinski definition) is 1. The zero-order valence-corrected chi connectivity index (χ0v) is 10.6. The van der Waals surface area contributed by atoms with Gasteiger partial charge < -0.3 is 5.11 Å². The van der Waals surface area contributed by atoms with Gasteiger partial charge >= 0.3 is 0 Å². The van der Waals surface area contributed by atoms with E-state index >= 15 is 0 Å². The van der Waals surface area contributed by atoms with Gasteiger partial charge in [-0.15, -0.1) is 0 Å². The zero-order chi connectivity index (χ0) is 12.3. The molecule has 2 atom stereocenters. The molecule has 1 N–H and O–H groups in total. The second-order valence-electron chi connectivity index (χ2n) is 4.68. The molecular formula is C13H18O3S. The van der Waals surface area contributed by atoms with Crippen molar-refractivity contribution in [1.29, 1.82) is 0 Å². The molecule has 2 rings (SSSR count). The summed E-state index contributed by atoms with van der Waals surface area (Å²) in [6.07, 6.45) is 2.35. The molecule has 1 aliphatic rings. The van der Waals surface area contributed by atoms with E-state index in [1.165, 1.54) is 0 Å². The molecule has 0 heterocycles. The van der Waals surface area contributed by atoms with E-state index in [0.29, 0.717) is 12.8 Å². The Morgan fingerprint density at radius 1 is 1.12 bits per heavy atom. The minimum atomic E-state index is -3.24. The van der Waals surface area contributed by atoms with Crippen molar-refractivity contribution in [3.63, 3.8) is 0 Å². The number of hydrogen-bond acceptors (Lipinski definition) is 3. The quantitative estimate of drug-likeness (QED) is 0.896.